The van der Waals surface area contributed by atoms with Crippen molar-refractivity contribution in [3.8, 4) is 0 Å². The minimum Gasteiger partial charge on any atom is -0.398 e. The van der Waals surface area contributed by atoms with Crippen LogP contribution >= 0.6 is 11.3 Å². The Morgan fingerprint density at radius 2 is 2.11 bits per heavy atom. The van der Waals surface area contributed by atoms with Crippen LogP contribution in [0.15, 0.2) is 30.3 Å². The van der Waals surface area contributed by atoms with Crippen molar-refractivity contribution in [2.75, 3.05) is 17.7 Å². The molecule has 1 aromatic heterocycles. The van der Waals surface area contributed by atoms with E-state index in [0.29, 0.717) is 16.3 Å². The summed E-state index contributed by atoms with van der Waals surface area (Å²) >= 11 is 1.34. The molecule has 2 aromatic rings. The molecule has 94 valence electrons. The molecular weight excluding hydrogens is 251 g/mol. The van der Waals surface area contributed by atoms with E-state index in [4.69, 9.17) is 5.73 Å². The average Bonchev–Trinajstić information content (AvgIpc) is 2.68. The third-order valence-electron chi connectivity index (χ3n) is 2.67. The molecule has 0 unspecified atom stereocenters. The summed E-state index contributed by atoms with van der Waals surface area (Å²) in [6.07, 6.45) is 0. The molecule has 2 N–H and O–H groups in total. The largest absolute Gasteiger partial charge is 0.398 e. The van der Waals surface area contributed by atoms with Crippen LogP contribution in [0.25, 0.3) is 0 Å². The van der Waals surface area contributed by atoms with Crippen LogP contribution in [0.2, 0.25) is 0 Å². The summed E-state index contributed by atoms with van der Waals surface area (Å²) in [6, 6.07) is 7.57. The Labute approximate surface area is 109 Å². The number of aryl methyl sites for hydroxylation is 1. The van der Waals surface area contributed by atoms with Gasteiger partial charge in [-0.3, -0.25) is 4.79 Å². The van der Waals surface area contributed by atoms with Crippen molar-refractivity contribution in [2.24, 2.45) is 0 Å². The highest BCUT2D eigenvalue weighted by atomic mass is 32.1. The zero-order valence-electron chi connectivity index (χ0n) is 10.1. The van der Waals surface area contributed by atoms with Crippen molar-refractivity contribution >= 4 is 28.6 Å². The van der Waals surface area contributed by atoms with Gasteiger partial charge in [-0.05, 0) is 31.2 Å². The molecule has 0 fully saturated rings. The van der Waals surface area contributed by atoms with E-state index in [0.717, 1.165) is 4.88 Å². The van der Waals surface area contributed by atoms with Gasteiger partial charge in [-0.15, -0.1) is 11.3 Å². The molecule has 0 aliphatic heterocycles. The van der Waals surface area contributed by atoms with Gasteiger partial charge in [0.05, 0.1) is 4.88 Å². The molecule has 5 heteroatoms. The molecule has 1 aromatic carbocycles. The molecule has 18 heavy (non-hydrogen) atoms. The summed E-state index contributed by atoms with van der Waals surface area (Å²) in [5.41, 5.74) is 6.85. The number of benzene rings is 1. The lowest BCUT2D eigenvalue weighted by Gasteiger charge is -2.16. The number of nitrogens with two attached hydrogens (primary N) is 1. The van der Waals surface area contributed by atoms with E-state index < -0.39 is 0 Å². The van der Waals surface area contributed by atoms with Crippen molar-refractivity contribution < 1.29 is 9.18 Å². The maximum atomic E-state index is 13.1. The summed E-state index contributed by atoms with van der Waals surface area (Å²) in [5, 5.41) is 0. The summed E-state index contributed by atoms with van der Waals surface area (Å²) in [7, 11) is 1.61. The number of halogens is 1. The molecule has 0 aliphatic rings. The monoisotopic (exact) mass is 264 g/mol. The lowest BCUT2D eigenvalue weighted by atomic mass is 10.2. The second-order valence-corrected chi connectivity index (χ2v) is 5.22. The SMILES string of the molecule is Cc1sc(C(=O)N(C)c2cccc(F)c2)cc1N. The molecule has 1 amide bonds. The fourth-order valence-corrected chi connectivity index (χ4v) is 2.49. The number of nitrogen functional groups attached to an aromatic ring is 1. The fourth-order valence-electron chi connectivity index (χ4n) is 1.57. The Morgan fingerprint density at radius 3 is 2.67 bits per heavy atom. The van der Waals surface area contributed by atoms with Gasteiger partial charge in [-0.25, -0.2) is 4.39 Å². The number of nitrogens with zero attached hydrogens (tertiary/aromatic N) is 1. The summed E-state index contributed by atoms with van der Waals surface area (Å²) in [6.45, 7) is 1.86. The first-order valence-electron chi connectivity index (χ1n) is 5.38. The van der Waals surface area contributed by atoms with Gasteiger partial charge >= 0.3 is 0 Å². The zero-order valence-corrected chi connectivity index (χ0v) is 10.9. The van der Waals surface area contributed by atoms with E-state index in [1.807, 2.05) is 6.92 Å². The molecule has 0 atom stereocenters. The summed E-state index contributed by atoms with van der Waals surface area (Å²) < 4.78 is 13.1. The van der Waals surface area contributed by atoms with E-state index in [1.54, 1.807) is 25.2 Å². The van der Waals surface area contributed by atoms with Crippen LogP contribution in [-0.2, 0) is 0 Å². The van der Waals surface area contributed by atoms with Gasteiger partial charge < -0.3 is 10.6 Å². The standard InChI is InChI=1S/C13H13FN2OS/c1-8-11(15)7-12(18-8)13(17)16(2)10-5-3-4-9(14)6-10/h3-7H,15H2,1-2H3. The van der Waals surface area contributed by atoms with Crippen LogP contribution in [0.4, 0.5) is 15.8 Å². The van der Waals surface area contributed by atoms with Gasteiger partial charge in [0.1, 0.15) is 5.82 Å². The van der Waals surface area contributed by atoms with Crippen LogP contribution in [0.1, 0.15) is 14.5 Å². The van der Waals surface area contributed by atoms with Gasteiger partial charge in [0.15, 0.2) is 0 Å². The predicted octanol–water partition coefficient (Wildman–Crippen LogP) is 3.05. The highest BCUT2D eigenvalue weighted by Crippen LogP contribution is 2.26. The van der Waals surface area contributed by atoms with Gasteiger partial charge in [-0.1, -0.05) is 6.07 Å². The van der Waals surface area contributed by atoms with E-state index in [2.05, 4.69) is 0 Å². The number of hydrogen-bond donors (Lipinski definition) is 1. The average molecular weight is 264 g/mol. The van der Waals surface area contributed by atoms with Crippen LogP contribution in [0, 0.1) is 12.7 Å². The van der Waals surface area contributed by atoms with E-state index >= 15 is 0 Å². The maximum Gasteiger partial charge on any atom is 0.268 e. The first-order valence-corrected chi connectivity index (χ1v) is 6.20. The van der Waals surface area contributed by atoms with Crippen molar-refractivity contribution in [3.05, 3.63) is 45.9 Å². The fraction of sp³-hybridized carbons (Fsp3) is 0.154. The summed E-state index contributed by atoms with van der Waals surface area (Å²) in [5.74, 6) is -0.556. The molecule has 1 heterocycles. The minimum atomic E-state index is -0.367. The highest BCUT2D eigenvalue weighted by Gasteiger charge is 2.17. The first-order chi connectivity index (χ1) is 8.49. The van der Waals surface area contributed by atoms with Gasteiger partial charge in [0, 0.05) is 23.3 Å². The highest BCUT2D eigenvalue weighted by molar-refractivity contribution is 7.14. The predicted molar refractivity (Wildman–Crippen MR) is 72.6 cm³/mol. The van der Waals surface area contributed by atoms with Gasteiger partial charge in [0.25, 0.3) is 5.91 Å². The minimum absolute atomic E-state index is 0.189. The third kappa shape index (κ3) is 2.36. The topological polar surface area (TPSA) is 46.3 Å². The Balaban J connectivity index is 2.29. The lowest BCUT2D eigenvalue weighted by Crippen LogP contribution is -2.25. The van der Waals surface area contributed by atoms with Crippen molar-refractivity contribution in [3.63, 3.8) is 0 Å². The van der Waals surface area contributed by atoms with Gasteiger partial charge in [-0.2, -0.15) is 0 Å². The lowest BCUT2D eigenvalue weighted by molar-refractivity contribution is 0.0997. The van der Waals surface area contributed by atoms with Crippen LogP contribution < -0.4 is 10.6 Å². The second kappa shape index (κ2) is 4.78. The van der Waals surface area contributed by atoms with Crippen LogP contribution in [0.3, 0.4) is 0 Å². The van der Waals surface area contributed by atoms with Crippen molar-refractivity contribution in [1.82, 2.24) is 0 Å². The maximum absolute atomic E-state index is 13.1. The molecule has 2 rings (SSSR count). The number of anilines is 2. The Hall–Kier alpha value is -1.88. The Morgan fingerprint density at radius 1 is 1.39 bits per heavy atom. The second-order valence-electron chi connectivity index (χ2n) is 3.97. The molecular formula is C13H13FN2OS. The first kappa shape index (κ1) is 12.6. The number of carbonyl (C=O) groups is 1. The molecule has 3 nitrogen and oxygen atoms in total. The number of rotatable bonds is 2. The van der Waals surface area contributed by atoms with E-state index in [1.165, 1.54) is 28.4 Å². The van der Waals surface area contributed by atoms with Crippen molar-refractivity contribution in [2.45, 2.75) is 6.92 Å². The van der Waals surface area contributed by atoms with E-state index in [9.17, 15) is 9.18 Å². The van der Waals surface area contributed by atoms with E-state index in [-0.39, 0.29) is 11.7 Å². The molecule has 0 bridgehead atoms. The smallest absolute Gasteiger partial charge is 0.268 e. The number of hydrogen-bond acceptors (Lipinski definition) is 3. The number of amides is 1. The van der Waals surface area contributed by atoms with Crippen molar-refractivity contribution in [1.29, 1.82) is 0 Å². The molecule has 0 saturated carbocycles. The van der Waals surface area contributed by atoms with Crippen LogP contribution in [0.5, 0.6) is 0 Å². The summed E-state index contributed by atoms with van der Waals surface area (Å²) in [4.78, 5) is 15.1. The number of carbonyl (C=O) groups excluding carboxylic acids is 1. The molecule has 0 radical (unpaired) electrons. The third-order valence-corrected chi connectivity index (χ3v) is 3.72. The van der Waals surface area contributed by atoms with Gasteiger partial charge in [0.2, 0.25) is 0 Å². The Kier molecular flexibility index (Phi) is 3.34. The quantitative estimate of drug-likeness (QED) is 0.906. The number of thiophene rings is 1. The van der Waals surface area contributed by atoms with Crippen LogP contribution in [-0.4, -0.2) is 13.0 Å². The molecule has 0 saturated heterocycles. The zero-order chi connectivity index (χ0) is 13.3. The normalized spacial score (nSPS) is 10.4. The molecule has 0 aliphatic carbocycles. The molecule has 0 spiro atoms. The Bertz CT molecular complexity index is 575.